The molecule has 2 N–H and O–H groups in total. The van der Waals surface area contributed by atoms with Gasteiger partial charge in [0, 0.05) is 30.4 Å². The molecule has 1 heterocycles. The van der Waals surface area contributed by atoms with E-state index in [4.69, 9.17) is 10.00 Å². The second-order valence-corrected chi connectivity index (χ2v) is 10.0. The fourth-order valence-electron chi connectivity index (χ4n) is 5.30. The molecule has 0 atom stereocenters. The van der Waals surface area contributed by atoms with Crippen LogP contribution < -0.4 is 10.6 Å². The van der Waals surface area contributed by atoms with Gasteiger partial charge in [-0.05, 0) is 86.8 Å². The summed E-state index contributed by atoms with van der Waals surface area (Å²) in [4.78, 5) is 39.5. The number of esters is 1. The zero-order valence-electron chi connectivity index (χ0n) is 21.5. The molecule has 2 aromatic rings. The number of anilines is 1. The van der Waals surface area contributed by atoms with Gasteiger partial charge >= 0.3 is 12.0 Å². The summed E-state index contributed by atoms with van der Waals surface area (Å²) in [7, 11) is 1.40. The van der Waals surface area contributed by atoms with E-state index in [1.807, 2.05) is 48.2 Å². The zero-order chi connectivity index (χ0) is 26.4. The number of amides is 3. The fourth-order valence-corrected chi connectivity index (χ4v) is 5.30. The minimum atomic E-state index is -0.308. The van der Waals surface area contributed by atoms with Crippen LogP contribution in [-0.4, -0.2) is 49.0 Å². The van der Waals surface area contributed by atoms with Gasteiger partial charge in [0.2, 0.25) is 0 Å². The highest BCUT2D eigenvalue weighted by atomic mass is 16.5. The number of nitrogens with zero attached hydrogens (tertiary/aromatic N) is 2. The highest BCUT2D eigenvalue weighted by Crippen LogP contribution is 2.30. The van der Waals surface area contributed by atoms with E-state index in [1.165, 1.54) is 12.7 Å². The summed E-state index contributed by atoms with van der Waals surface area (Å²) in [6.07, 6.45) is 4.59. The number of benzene rings is 2. The molecule has 0 spiro atoms. The number of urea groups is 1. The highest BCUT2D eigenvalue weighted by molar-refractivity contribution is 5.97. The molecule has 194 valence electrons. The molecule has 0 unspecified atom stereocenters. The second-order valence-electron chi connectivity index (χ2n) is 10.0. The number of hydrogen-bond donors (Lipinski definition) is 2. The van der Waals surface area contributed by atoms with Crippen molar-refractivity contribution in [3.8, 4) is 6.07 Å². The van der Waals surface area contributed by atoms with Crippen molar-refractivity contribution in [1.82, 2.24) is 10.2 Å². The van der Waals surface area contributed by atoms with E-state index in [0.29, 0.717) is 48.7 Å². The largest absolute Gasteiger partial charge is 0.469 e. The molecular weight excluding hydrogens is 468 g/mol. The molecule has 0 aromatic heterocycles. The van der Waals surface area contributed by atoms with Crippen molar-refractivity contribution in [3.63, 3.8) is 0 Å². The number of carbonyl (C=O) groups excluding carboxylic acids is 3. The van der Waals surface area contributed by atoms with Crippen molar-refractivity contribution in [3.05, 3.63) is 64.7 Å². The molecule has 2 aromatic carbocycles. The number of likely N-dealkylation sites (tertiary alicyclic amines) is 1. The third-order valence-electron chi connectivity index (χ3n) is 7.62. The van der Waals surface area contributed by atoms with E-state index in [1.54, 1.807) is 6.07 Å². The van der Waals surface area contributed by atoms with Crippen LogP contribution in [0.4, 0.5) is 10.5 Å². The van der Waals surface area contributed by atoms with Crippen LogP contribution in [0.25, 0.3) is 0 Å². The Kier molecular flexibility index (Phi) is 8.44. The van der Waals surface area contributed by atoms with E-state index >= 15 is 0 Å². The Hall–Kier alpha value is -3.86. The van der Waals surface area contributed by atoms with Gasteiger partial charge in [0.05, 0.1) is 24.7 Å². The van der Waals surface area contributed by atoms with Crippen LogP contribution in [0, 0.1) is 24.2 Å². The van der Waals surface area contributed by atoms with E-state index in [0.717, 1.165) is 31.2 Å². The molecule has 0 bridgehead atoms. The third kappa shape index (κ3) is 6.48. The maximum Gasteiger partial charge on any atom is 0.319 e. The normalized spacial score (nSPS) is 20.0. The number of piperidine rings is 1. The van der Waals surface area contributed by atoms with Gasteiger partial charge in [-0.25, -0.2) is 4.79 Å². The Morgan fingerprint density at radius 1 is 0.973 bits per heavy atom. The Balaban J connectivity index is 1.31. The predicted molar refractivity (Wildman–Crippen MR) is 140 cm³/mol. The molecule has 1 aliphatic carbocycles. The highest BCUT2D eigenvalue weighted by Gasteiger charge is 2.28. The minimum Gasteiger partial charge on any atom is -0.469 e. The second kappa shape index (κ2) is 11.9. The molecular formula is C29H34N4O4. The summed E-state index contributed by atoms with van der Waals surface area (Å²) in [5.74, 6) is 0.0602. The first-order valence-electron chi connectivity index (χ1n) is 12.9. The first kappa shape index (κ1) is 26.2. The van der Waals surface area contributed by atoms with Crippen molar-refractivity contribution in [1.29, 1.82) is 5.26 Å². The molecule has 8 nitrogen and oxygen atoms in total. The standard InChI is InChI=1S/C29H34N4O4/c1-19-3-6-24(17-26(19)32-29(36)31-25-11-9-23(10-12-25)28(35)37-2)27(34)33-15-13-22(14-16-33)21-7-4-20(18-30)5-8-21/h3-8,17,22-23,25H,9-16H2,1-2H3,(H2,31,32,36). The molecule has 2 fully saturated rings. The molecule has 8 heteroatoms. The van der Waals surface area contributed by atoms with Crippen LogP contribution in [0.1, 0.15) is 71.5 Å². The lowest BCUT2D eigenvalue weighted by Crippen LogP contribution is -2.41. The van der Waals surface area contributed by atoms with Crippen molar-refractivity contribution in [2.45, 2.75) is 57.4 Å². The Morgan fingerprint density at radius 2 is 1.65 bits per heavy atom. The fraction of sp³-hybridized carbons (Fsp3) is 0.448. The maximum absolute atomic E-state index is 13.2. The molecule has 2 aliphatic rings. The average Bonchev–Trinajstić information content (AvgIpc) is 2.94. The summed E-state index contributed by atoms with van der Waals surface area (Å²) in [6, 6.07) is 15.0. The van der Waals surface area contributed by atoms with Crippen LogP contribution in [0.3, 0.4) is 0 Å². The topological polar surface area (TPSA) is 112 Å². The van der Waals surface area contributed by atoms with Crippen molar-refractivity contribution in [2.75, 3.05) is 25.5 Å². The van der Waals surface area contributed by atoms with Gasteiger partial charge in [0.1, 0.15) is 0 Å². The van der Waals surface area contributed by atoms with Crippen molar-refractivity contribution < 1.29 is 19.1 Å². The summed E-state index contributed by atoms with van der Waals surface area (Å²) in [5.41, 5.74) is 3.90. The number of rotatable bonds is 5. The van der Waals surface area contributed by atoms with Crippen molar-refractivity contribution in [2.24, 2.45) is 5.92 Å². The van der Waals surface area contributed by atoms with Gasteiger partial charge in [-0.3, -0.25) is 9.59 Å². The molecule has 1 saturated carbocycles. The zero-order valence-corrected chi connectivity index (χ0v) is 21.5. The lowest BCUT2D eigenvalue weighted by Gasteiger charge is -2.32. The quantitative estimate of drug-likeness (QED) is 0.574. The maximum atomic E-state index is 13.2. The lowest BCUT2D eigenvalue weighted by molar-refractivity contribution is -0.146. The lowest BCUT2D eigenvalue weighted by atomic mass is 9.86. The minimum absolute atomic E-state index is 0.00317. The smallest absolute Gasteiger partial charge is 0.319 e. The van der Waals surface area contributed by atoms with Crippen LogP contribution in [0.15, 0.2) is 42.5 Å². The van der Waals surface area contributed by atoms with E-state index in [-0.39, 0.29) is 29.9 Å². The molecule has 0 radical (unpaired) electrons. The van der Waals surface area contributed by atoms with E-state index in [9.17, 15) is 14.4 Å². The Labute approximate surface area is 218 Å². The third-order valence-corrected chi connectivity index (χ3v) is 7.62. The van der Waals surface area contributed by atoms with Crippen LogP contribution >= 0.6 is 0 Å². The van der Waals surface area contributed by atoms with Gasteiger partial charge < -0.3 is 20.3 Å². The molecule has 3 amide bonds. The first-order chi connectivity index (χ1) is 17.9. The van der Waals surface area contributed by atoms with Crippen molar-refractivity contribution >= 4 is 23.6 Å². The van der Waals surface area contributed by atoms with Gasteiger partial charge in [0.15, 0.2) is 0 Å². The number of methoxy groups -OCH3 is 1. The number of hydrogen-bond acceptors (Lipinski definition) is 5. The average molecular weight is 503 g/mol. The van der Waals surface area contributed by atoms with Gasteiger partial charge in [-0.1, -0.05) is 18.2 Å². The van der Waals surface area contributed by atoms with E-state index in [2.05, 4.69) is 16.7 Å². The number of carbonyl (C=O) groups is 3. The number of nitriles is 1. The Morgan fingerprint density at radius 3 is 2.27 bits per heavy atom. The number of aryl methyl sites for hydroxylation is 1. The summed E-state index contributed by atoms with van der Waals surface area (Å²) >= 11 is 0. The molecule has 1 saturated heterocycles. The summed E-state index contributed by atoms with van der Waals surface area (Å²) in [5, 5.41) is 14.9. The first-order valence-corrected chi connectivity index (χ1v) is 12.9. The van der Waals surface area contributed by atoms with Crippen LogP contribution in [0.2, 0.25) is 0 Å². The number of ether oxygens (including phenoxy) is 1. The molecule has 37 heavy (non-hydrogen) atoms. The van der Waals surface area contributed by atoms with Crippen LogP contribution in [-0.2, 0) is 9.53 Å². The SMILES string of the molecule is COC(=O)C1CCC(NC(=O)Nc2cc(C(=O)N3CCC(c4ccc(C#N)cc4)CC3)ccc2C)CC1. The predicted octanol–water partition coefficient (Wildman–Crippen LogP) is 4.74. The van der Waals surface area contributed by atoms with Gasteiger partial charge in [0.25, 0.3) is 5.91 Å². The Bertz CT molecular complexity index is 1170. The van der Waals surface area contributed by atoms with Crippen LogP contribution in [0.5, 0.6) is 0 Å². The summed E-state index contributed by atoms with van der Waals surface area (Å²) < 4.78 is 4.83. The van der Waals surface area contributed by atoms with E-state index < -0.39 is 0 Å². The van der Waals surface area contributed by atoms with Gasteiger partial charge in [-0.15, -0.1) is 0 Å². The monoisotopic (exact) mass is 502 g/mol. The summed E-state index contributed by atoms with van der Waals surface area (Å²) in [6.45, 7) is 3.22. The van der Waals surface area contributed by atoms with Gasteiger partial charge in [-0.2, -0.15) is 5.26 Å². The molecule has 1 aliphatic heterocycles. The molecule has 4 rings (SSSR count). The number of nitrogens with one attached hydrogen (secondary N) is 2.